The van der Waals surface area contributed by atoms with E-state index in [2.05, 4.69) is 18.0 Å². The van der Waals surface area contributed by atoms with Gasteiger partial charge in [0, 0.05) is 11.3 Å². The molecule has 3 nitrogen and oxygen atoms in total. The van der Waals surface area contributed by atoms with Crippen LogP contribution in [0.3, 0.4) is 0 Å². The Bertz CT molecular complexity index is 684. The van der Waals surface area contributed by atoms with Crippen LogP contribution in [0.5, 0.6) is 0 Å². The smallest absolute Gasteiger partial charge is 0.142 e. The van der Waals surface area contributed by atoms with Crippen LogP contribution >= 0.6 is 0 Å². The summed E-state index contributed by atoms with van der Waals surface area (Å²) in [4.78, 5) is 4.51. The molecule has 0 bridgehead atoms. The summed E-state index contributed by atoms with van der Waals surface area (Å²) >= 11 is 0. The molecule has 3 heteroatoms. The molecule has 20 heavy (non-hydrogen) atoms. The number of nitrogens with two attached hydrogens (primary N) is 1. The van der Waals surface area contributed by atoms with Crippen molar-refractivity contribution in [3.05, 3.63) is 47.2 Å². The molecule has 0 saturated carbocycles. The van der Waals surface area contributed by atoms with Gasteiger partial charge in [0.05, 0.1) is 0 Å². The third-order valence-electron chi connectivity index (χ3n) is 4.06. The molecule has 1 aliphatic carbocycles. The highest BCUT2D eigenvalue weighted by Gasteiger charge is 2.25. The fraction of sp³-hybridized carbons (Fsp3) is 0.294. The van der Waals surface area contributed by atoms with E-state index in [0.717, 1.165) is 36.1 Å². The number of nitriles is 1. The first-order chi connectivity index (χ1) is 9.72. The first kappa shape index (κ1) is 12.7. The number of pyridine rings is 1. The third-order valence-corrected chi connectivity index (χ3v) is 4.06. The van der Waals surface area contributed by atoms with E-state index in [1.807, 2.05) is 30.3 Å². The van der Waals surface area contributed by atoms with Gasteiger partial charge in [0.15, 0.2) is 0 Å². The molecule has 0 radical (unpaired) electrons. The zero-order valence-electron chi connectivity index (χ0n) is 11.6. The molecule has 0 saturated heterocycles. The number of hydrogen-bond acceptors (Lipinski definition) is 3. The number of nitrogens with zero attached hydrogens (tertiary/aromatic N) is 2. The lowest BCUT2D eigenvalue weighted by molar-refractivity contribution is 0.575. The highest BCUT2D eigenvalue weighted by molar-refractivity contribution is 5.79. The van der Waals surface area contributed by atoms with Crippen LogP contribution in [0.1, 0.15) is 42.5 Å². The van der Waals surface area contributed by atoms with Crippen LogP contribution < -0.4 is 5.73 Å². The molecule has 3 rings (SSSR count). The summed E-state index contributed by atoms with van der Waals surface area (Å²) in [6, 6.07) is 12.3. The van der Waals surface area contributed by atoms with E-state index in [9.17, 15) is 5.26 Å². The fourth-order valence-corrected chi connectivity index (χ4v) is 3.08. The lowest BCUT2D eigenvalue weighted by Gasteiger charge is -2.25. The van der Waals surface area contributed by atoms with Crippen LogP contribution in [-0.2, 0) is 6.42 Å². The van der Waals surface area contributed by atoms with Crippen molar-refractivity contribution in [2.45, 2.75) is 32.1 Å². The van der Waals surface area contributed by atoms with Gasteiger partial charge in [-0.25, -0.2) is 4.98 Å². The van der Waals surface area contributed by atoms with E-state index in [1.54, 1.807) is 0 Å². The second kappa shape index (κ2) is 4.97. The average Bonchev–Trinajstić information content (AvgIpc) is 2.48. The zero-order valence-corrected chi connectivity index (χ0v) is 11.6. The topological polar surface area (TPSA) is 62.7 Å². The van der Waals surface area contributed by atoms with Crippen molar-refractivity contribution in [2.24, 2.45) is 0 Å². The summed E-state index contributed by atoms with van der Waals surface area (Å²) in [6.45, 7) is 2.19. The van der Waals surface area contributed by atoms with Crippen molar-refractivity contribution in [1.82, 2.24) is 4.98 Å². The predicted molar refractivity (Wildman–Crippen MR) is 80.2 cm³/mol. The van der Waals surface area contributed by atoms with Gasteiger partial charge >= 0.3 is 0 Å². The minimum atomic E-state index is 0.360. The number of anilines is 1. The average molecular weight is 263 g/mol. The van der Waals surface area contributed by atoms with Crippen LogP contribution in [0.15, 0.2) is 30.3 Å². The van der Waals surface area contributed by atoms with E-state index >= 15 is 0 Å². The summed E-state index contributed by atoms with van der Waals surface area (Å²) in [5.74, 6) is 0.773. The molecule has 1 heterocycles. The molecule has 2 aromatic rings. The minimum Gasteiger partial charge on any atom is -0.383 e. The minimum absolute atomic E-state index is 0.360. The highest BCUT2D eigenvalue weighted by atomic mass is 14.9. The summed E-state index contributed by atoms with van der Waals surface area (Å²) < 4.78 is 0. The molecule has 0 amide bonds. The molecule has 1 aromatic heterocycles. The molecular weight excluding hydrogens is 246 g/mol. The van der Waals surface area contributed by atoms with Crippen molar-refractivity contribution < 1.29 is 0 Å². The van der Waals surface area contributed by atoms with Gasteiger partial charge in [-0.1, -0.05) is 37.3 Å². The zero-order chi connectivity index (χ0) is 14.1. The van der Waals surface area contributed by atoms with Gasteiger partial charge in [0.2, 0.25) is 0 Å². The molecule has 100 valence electrons. The number of hydrogen-bond donors (Lipinski definition) is 1. The van der Waals surface area contributed by atoms with E-state index in [-0.39, 0.29) is 0 Å². The maximum Gasteiger partial charge on any atom is 0.142 e. The van der Waals surface area contributed by atoms with Gasteiger partial charge in [-0.05, 0) is 36.3 Å². The third kappa shape index (κ3) is 1.94. The number of nitrogen functional groups attached to an aromatic ring is 1. The molecule has 1 atom stereocenters. The van der Waals surface area contributed by atoms with Gasteiger partial charge in [0.25, 0.3) is 0 Å². The Labute approximate surface area is 119 Å². The Balaban J connectivity index is 2.34. The predicted octanol–water partition coefficient (Wildman–Crippen LogP) is 3.64. The highest BCUT2D eigenvalue weighted by Crippen LogP contribution is 2.39. The molecule has 1 aliphatic rings. The summed E-state index contributed by atoms with van der Waals surface area (Å²) in [7, 11) is 0. The van der Waals surface area contributed by atoms with Gasteiger partial charge in [-0.3, -0.25) is 0 Å². The SMILES string of the molecule is CC1CCCc2c1nc(N)c(C#N)c2-c1ccccc1. The molecular formula is C17H17N3. The largest absolute Gasteiger partial charge is 0.383 e. The van der Waals surface area contributed by atoms with E-state index < -0.39 is 0 Å². The normalized spacial score (nSPS) is 17.3. The maximum absolute atomic E-state index is 9.46. The van der Waals surface area contributed by atoms with E-state index in [0.29, 0.717) is 17.3 Å². The number of rotatable bonds is 1. The lowest BCUT2D eigenvalue weighted by Crippen LogP contribution is -2.14. The quantitative estimate of drug-likeness (QED) is 0.854. The van der Waals surface area contributed by atoms with Crippen molar-refractivity contribution in [3.8, 4) is 17.2 Å². The lowest BCUT2D eigenvalue weighted by atomic mass is 9.82. The second-order valence-electron chi connectivity index (χ2n) is 5.38. The van der Waals surface area contributed by atoms with Gasteiger partial charge in [-0.15, -0.1) is 0 Å². The Hall–Kier alpha value is -2.34. The number of benzene rings is 1. The number of fused-ring (bicyclic) bond motifs is 1. The Morgan fingerprint density at radius 1 is 1.30 bits per heavy atom. The van der Waals surface area contributed by atoms with Crippen LogP contribution in [0.4, 0.5) is 5.82 Å². The maximum atomic E-state index is 9.46. The van der Waals surface area contributed by atoms with Crippen LogP contribution in [0, 0.1) is 11.3 Å². The van der Waals surface area contributed by atoms with E-state index in [4.69, 9.17) is 5.73 Å². The monoisotopic (exact) mass is 263 g/mol. The van der Waals surface area contributed by atoms with Crippen molar-refractivity contribution in [1.29, 1.82) is 5.26 Å². The van der Waals surface area contributed by atoms with Crippen molar-refractivity contribution >= 4 is 5.82 Å². The Kier molecular flexibility index (Phi) is 3.15. The molecule has 0 spiro atoms. The van der Waals surface area contributed by atoms with Gasteiger partial charge < -0.3 is 5.73 Å². The molecule has 2 N–H and O–H groups in total. The molecule has 1 aromatic carbocycles. The second-order valence-corrected chi connectivity index (χ2v) is 5.38. The first-order valence-electron chi connectivity index (χ1n) is 7.00. The summed E-state index contributed by atoms with van der Waals surface area (Å²) in [5.41, 5.74) is 10.9. The van der Waals surface area contributed by atoms with Crippen molar-refractivity contribution in [3.63, 3.8) is 0 Å². The van der Waals surface area contributed by atoms with Crippen LogP contribution in [-0.4, -0.2) is 4.98 Å². The number of aromatic nitrogens is 1. The Morgan fingerprint density at radius 2 is 2.05 bits per heavy atom. The fourth-order valence-electron chi connectivity index (χ4n) is 3.08. The molecule has 1 unspecified atom stereocenters. The van der Waals surface area contributed by atoms with Crippen molar-refractivity contribution in [2.75, 3.05) is 5.73 Å². The molecule has 0 aliphatic heterocycles. The van der Waals surface area contributed by atoms with E-state index in [1.165, 1.54) is 5.56 Å². The summed E-state index contributed by atoms with van der Waals surface area (Å²) in [5, 5.41) is 9.46. The van der Waals surface area contributed by atoms with Crippen LogP contribution in [0.25, 0.3) is 11.1 Å². The first-order valence-corrected chi connectivity index (χ1v) is 7.00. The van der Waals surface area contributed by atoms with Gasteiger partial charge in [-0.2, -0.15) is 5.26 Å². The standard InChI is InChI=1S/C17H17N3/c1-11-6-5-9-13-15(12-7-3-2-4-8-12)14(10-18)17(19)20-16(11)13/h2-4,7-8,11H,5-6,9H2,1H3,(H2,19,20). The van der Waals surface area contributed by atoms with Gasteiger partial charge in [0.1, 0.15) is 17.5 Å². The van der Waals surface area contributed by atoms with Crippen LogP contribution in [0.2, 0.25) is 0 Å². The molecule has 0 fully saturated rings. The summed E-state index contributed by atoms with van der Waals surface area (Å²) in [6.07, 6.45) is 3.26. The Morgan fingerprint density at radius 3 is 2.75 bits per heavy atom.